The Morgan fingerprint density at radius 2 is 1.72 bits per heavy atom. The number of nitrogens with zero attached hydrogens (tertiary/aromatic N) is 1. The number of rotatable bonds is 12. The number of alkyl carbamates (subject to hydrolysis) is 1. The first-order valence-electron chi connectivity index (χ1n) is 13.9. The zero-order valence-corrected chi connectivity index (χ0v) is 23.5. The molecule has 0 unspecified atom stereocenters. The molecule has 2 fully saturated rings. The van der Waals surface area contributed by atoms with Crippen molar-refractivity contribution in [3.8, 4) is 5.75 Å². The summed E-state index contributed by atoms with van der Waals surface area (Å²) in [6.45, 7) is 1.22. The van der Waals surface area contributed by atoms with Crippen LogP contribution in [0, 0.1) is 0 Å². The highest BCUT2D eigenvalue weighted by atomic mass is 16.6. The number of piperidine rings is 1. The predicted molar refractivity (Wildman–Crippen MR) is 147 cm³/mol. The Labute approximate surface area is 247 Å². The molecule has 4 rings (SSSR count). The smallest absolute Gasteiger partial charge is 0.408 e. The third-order valence-corrected chi connectivity index (χ3v) is 7.50. The molecular weight excluding hydrogens is 566 g/mol. The number of benzene rings is 2. The van der Waals surface area contributed by atoms with Gasteiger partial charge in [0.2, 0.25) is 5.91 Å². The van der Waals surface area contributed by atoms with Crippen LogP contribution in [-0.4, -0.2) is 104 Å². The van der Waals surface area contributed by atoms with Crippen LogP contribution in [0.25, 0.3) is 0 Å². The number of hydrogen-bond acceptors (Lipinski definition) is 12. The fraction of sp³-hybridized carbons (Fsp3) is 0.483. The van der Waals surface area contributed by atoms with Crippen molar-refractivity contribution >= 4 is 18.0 Å². The summed E-state index contributed by atoms with van der Waals surface area (Å²) in [6.07, 6.45) is -5.03. The van der Waals surface area contributed by atoms with Gasteiger partial charge in [0, 0.05) is 6.42 Å². The lowest BCUT2D eigenvalue weighted by molar-refractivity contribution is -0.298. The van der Waals surface area contributed by atoms with Gasteiger partial charge in [-0.25, -0.2) is 9.59 Å². The minimum atomic E-state index is -2.24. The number of carbonyl (C=O) groups is 3. The van der Waals surface area contributed by atoms with E-state index in [1.165, 1.54) is 24.3 Å². The van der Waals surface area contributed by atoms with Gasteiger partial charge in [0.05, 0.1) is 19.3 Å². The number of nitrogens with one attached hydrogen (secondary N) is 2. The molecule has 2 aromatic carbocycles. The summed E-state index contributed by atoms with van der Waals surface area (Å²) in [5.41, 5.74) is -1.00. The summed E-state index contributed by atoms with van der Waals surface area (Å²) in [4.78, 5) is 39.7. The average Bonchev–Trinajstić information content (AvgIpc) is 3.26. The SMILES string of the molecule is CCCCOC(=O)[C@@H](NC(=O)[C@H](Cc1ccc(O)cc1)NC(=O)OCc1ccccc1)[C@H]1[C@H](O)[C@@]2(O)CO[C@@H]([C@@H]2O)N1O. The summed E-state index contributed by atoms with van der Waals surface area (Å²) in [7, 11) is 0. The zero-order valence-electron chi connectivity index (χ0n) is 23.5. The van der Waals surface area contributed by atoms with Crippen LogP contribution in [0.4, 0.5) is 4.79 Å². The first kappa shape index (κ1) is 32.1. The Balaban J connectivity index is 1.57. The number of phenols is 1. The number of aliphatic hydroxyl groups excluding tert-OH is 2. The van der Waals surface area contributed by atoms with Gasteiger partial charge in [0.1, 0.15) is 42.2 Å². The van der Waals surface area contributed by atoms with E-state index in [0.717, 1.165) is 0 Å². The number of ether oxygens (including phenoxy) is 3. The van der Waals surface area contributed by atoms with Crippen molar-refractivity contribution in [2.24, 2.45) is 0 Å². The third kappa shape index (κ3) is 7.41. The van der Waals surface area contributed by atoms with Crippen LogP contribution in [0.2, 0.25) is 0 Å². The van der Waals surface area contributed by atoms with Gasteiger partial charge in [0.15, 0.2) is 6.23 Å². The van der Waals surface area contributed by atoms with E-state index in [0.29, 0.717) is 29.0 Å². The Morgan fingerprint density at radius 1 is 1.02 bits per heavy atom. The van der Waals surface area contributed by atoms with E-state index < -0.39 is 66.7 Å². The molecule has 0 aliphatic carbocycles. The highest BCUT2D eigenvalue weighted by molar-refractivity contribution is 5.90. The van der Waals surface area contributed by atoms with Crippen LogP contribution in [0.5, 0.6) is 5.75 Å². The third-order valence-electron chi connectivity index (χ3n) is 7.50. The number of hydrogen-bond donors (Lipinski definition) is 7. The second kappa shape index (κ2) is 14.1. The Kier molecular flexibility index (Phi) is 10.6. The van der Waals surface area contributed by atoms with Crippen LogP contribution < -0.4 is 10.6 Å². The van der Waals surface area contributed by atoms with E-state index >= 15 is 0 Å². The van der Waals surface area contributed by atoms with Crippen molar-refractivity contribution in [2.45, 2.75) is 75.0 Å². The summed E-state index contributed by atoms with van der Waals surface area (Å²) >= 11 is 0. The molecule has 2 bridgehead atoms. The molecule has 2 amide bonds. The van der Waals surface area contributed by atoms with Crippen LogP contribution in [0.3, 0.4) is 0 Å². The second-order valence-corrected chi connectivity index (χ2v) is 10.6. The maximum atomic E-state index is 13.7. The van der Waals surface area contributed by atoms with Crippen molar-refractivity contribution in [1.29, 1.82) is 0 Å². The molecule has 14 nitrogen and oxygen atoms in total. The number of phenolic OH excluding ortho intramolecular Hbond substituents is 1. The van der Waals surface area contributed by atoms with Gasteiger partial charge in [0.25, 0.3) is 0 Å². The number of amides is 2. The average molecular weight is 604 g/mol. The topological polar surface area (TPSA) is 207 Å². The molecule has 2 aliphatic heterocycles. The Bertz CT molecular complexity index is 1250. The first-order chi connectivity index (χ1) is 20.5. The number of aliphatic hydroxyl groups is 3. The minimum Gasteiger partial charge on any atom is -0.508 e. The first-order valence-corrected chi connectivity index (χ1v) is 13.9. The van der Waals surface area contributed by atoms with Crippen molar-refractivity contribution in [1.82, 2.24) is 15.7 Å². The lowest BCUT2D eigenvalue weighted by Crippen LogP contribution is -2.74. The number of unbranched alkanes of at least 4 members (excludes halogenated alkanes) is 1. The van der Waals surface area contributed by atoms with E-state index in [9.17, 15) is 40.0 Å². The fourth-order valence-corrected chi connectivity index (χ4v) is 5.00. The van der Waals surface area contributed by atoms with Gasteiger partial charge >= 0.3 is 12.1 Å². The number of esters is 1. The van der Waals surface area contributed by atoms with E-state index in [1.54, 1.807) is 30.3 Å². The van der Waals surface area contributed by atoms with E-state index in [2.05, 4.69) is 10.6 Å². The summed E-state index contributed by atoms with van der Waals surface area (Å²) in [5.74, 6) is -1.95. The number of hydroxylamine groups is 2. The normalized spacial score (nSPS) is 26.3. The molecule has 7 atom stereocenters. The Hall–Kier alpha value is -3.79. The molecule has 14 heteroatoms. The van der Waals surface area contributed by atoms with Gasteiger partial charge in [-0.05, 0) is 29.7 Å². The molecule has 0 aromatic heterocycles. The van der Waals surface area contributed by atoms with Gasteiger partial charge in [-0.2, -0.15) is 5.06 Å². The summed E-state index contributed by atoms with van der Waals surface area (Å²) < 4.78 is 15.8. The highest BCUT2D eigenvalue weighted by Crippen LogP contribution is 2.39. The second-order valence-electron chi connectivity index (χ2n) is 10.6. The number of fused-ring (bicyclic) bond motifs is 2. The molecule has 2 heterocycles. The highest BCUT2D eigenvalue weighted by Gasteiger charge is 2.65. The number of aromatic hydroxyl groups is 1. The molecule has 7 N–H and O–H groups in total. The Morgan fingerprint density at radius 3 is 2.40 bits per heavy atom. The lowest BCUT2D eigenvalue weighted by atomic mass is 9.80. The lowest BCUT2D eigenvalue weighted by Gasteiger charge is -2.46. The van der Waals surface area contributed by atoms with E-state index in [1.807, 2.05) is 6.92 Å². The van der Waals surface area contributed by atoms with Crippen LogP contribution >= 0.6 is 0 Å². The fourth-order valence-electron chi connectivity index (χ4n) is 5.00. The van der Waals surface area contributed by atoms with Crippen molar-refractivity contribution < 1.29 is 54.2 Å². The molecule has 0 radical (unpaired) electrons. The maximum Gasteiger partial charge on any atom is 0.408 e. The van der Waals surface area contributed by atoms with Gasteiger partial charge in [-0.3, -0.25) is 4.79 Å². The molecule has 2 saturated heterocycles. The van der Waals surface area contributed by atoms with Crippen molar-refractivity contribution in [3.63, 3.8) is 0 Å². The maximum absolute atomic E-state index is 13.7. The van der Waals surface area contributed by atoms with E-state index in [4.69, 9.17) is 14.2 Å². The largest absolute Gasteiger partial charge is 0.508 e. The van der Waals surface area contributed by atoms with Crippen LogP contribution in [0.15, 0.2) is 54.6 Å². The quantitative estimate of drug-likeness (QED) is 0.126. The van der Waals surface area contributed by atoms with Gasteiger partial charge in [-0.1, -0.05) is 55.8 Å². The summed E-state index contributed by atoms with van der Waals surface area (Å²) in [6, 6.07) is 9.92. The molecule has 234 valence electrons. The van der Waals surface area contributed by atoms with Gasteiger partial charge in [-0.15, -0.1) is 0 Å². The van der Waals surface area contributed by atoms with Crippen molar-refractivity contribution in [2.75, 3.05) is 13.2 Å². The predicted octanol–water partition coefficient (Wildman–Crippen LogP) is -0.0596. The van der Waals surface area contributed by atoms with Gasteiger partial charge < -0.3 is 50.5 Å². The standard InChI is InChI=1S/C29H37N3O11/c1-2-3-13-41-27(37)21(22-23(34)29(39)16-43-26(24(29)35)32(22)40)31-25(36)20(14-17-9-11-19(33)12-10-17)30-28(38)42-15-18-7-5-4-6-8-18/h4-12,20-24,26,33-35,39-40H,2-3,13-16H2,1H3,(H,30,38)(H,31,36)/t20-,21-,22-,23-,24-,26-,29-/m0/s1. The molecule has 0 spiro atoms. The number of carbonyl (C=O) groups excluding carboxylic acids is 3. The van der Waals surface area contributed by atoms with E-state index in [-0.39, 0.29) is 25.4 Å². The molecule has 2 aromatic rings. The zero-order chi connectivity index (χ0) is 31.1. The van der Waals surface area contributed by atoms with Crippen molar-refractivity contribution in [3.05, 3.63) is 65.7 Å². The molecule has 0 saturated carbocycles. The molecule has 43 heavy (non-hydrogen) atoms. The van der Waals surface area contributed by atoms with Crippen LogP contribution in [0.1, 0.15) is 30.9 Å². The van der Waals surface area contributed by atoms with Crippen LogP contribution in [-0.2, 0) is 36.8 Å². The minimum absolute atomic E-state index is 0.0128. The summed E-state index contributed by atoms with van der Waals surface area (Å²) in [5, 5.41) is 58.1. The molecule has 2 aliphatic rings. The monoisotopic (exact) mass is 603 g/mol. The molecular formula is C29H37N3O11.